The van der Waals surface area contributed by atoms with Gasteiger partial charge in [0.15, 0.2) is 0 Å². The molecule has 4 N–H and O–H groups in total. The third-order valence-corrected chi connectivity index (χ3v) is 6.12. The first-order valence-corrected chi connectivity index (χ1v) is 9.70. The SMILES string of the molecule is CCOC1CC(N)(C(=O)N2CCC(NC(=O)Nc3ccc(F)cc3)C2)C1(C)C.Cl. The molecule has 0 spiro atoms. The highest BCUT2D eigenvalue weighted by molar-refractivity contribution is 5.90. The monoisotopic (exact) mass is 428 g/mol. The lowest BCUT2D eigenvalue weighted by molar-refractivity contribution is -0.178. The lowest BCUT2D eigenvalue weighted by Crippen LogP contribution is -2.76. The fourth-order valence-electron chi connectivity index (χ4n) is 4.03. The molecule has 3 unspecified atom stereocenters. The fraction of sp³-hybridized carbons (Fsp3) is 0.600. The molecule has 2 aliphatic rings. The van der Waals surface area contributed by atoms with E-state index in [-0.39, 0.29) is 42.3 Å². The van der Waals surface area contributed by atoms with Gasteiger partial charge in [0.2, 0.25) is 5.91 Å². The Morgan fingerprint density at radius 2 is 1.97 bits per heavy atom. The molecule has 7 nitrogen and oxygen atoms in total. The van der Waals surface area contributed by atoms with Crippen molar-refractivity contribution in [3.63, 3.8) is 0 Å². The lowest BCUT2D eigenvalue weighted by atomic mass is 9.54. The van der Waals surface area contributed by atoms with Crippen molar-refractivity contribution in [1.29, 1.82) is 0 Å². The van der Waals surface area contributed by atoms with E-state index in [0.29, 0.717) is 38.2 Å². The van der Waals surface area contributed by atoms with Gasteiger partial charge in [0.1, 0.15) is 11.4 Å². The third kappa shape index (κ3) is 4.49. The average molecular weight is 429 g/mol. The van der Waals surface area contributed by atoms with Crippen molar-refractivity contribution in [1.82, 2.24) is 10.2 Å². The predicted molar refractivity (Wildman–Crippen MR) is 112 cm³/mol. The van der Waals surface area contributed by atoms with Gasteiger partial charge in [0.25, 0.3) is 0 Å². The summed E-state index contributed by atoms with van der Waals surface area (Å²) in [6, 6.07) is 5.01. The molecule has 1 heterocycles. The van der Waals surface area contributed by atoms with Gasteiger partial charge in [-0.1, -0.05) is 13.8 Å². The molecule has 1 aliphatic heterocycles. The number of nitrogens with zero attached hydrogens (tertiary/aromatic N) is 1. The summed E-state index contributed by atoms with van der Waals surface area (Å²) in [6.45, 7) is 7.44. The van der Waals surface area contributed by atoms with E-state index in [1.54, 1.807) is 4.90 Å². The van der Waals surface area contributed by atoms with Gasteiger partial charge in [-0.05, 0) is 37.6 Å². The number of hydrogen-bond donors (Lipinski definition) is 3. The van der Waals surface area contributed by atoms with Crippen molar-refractivity contribution in [3.05, 3.63) is 30.1 Å². The van der Waals surface area contributed by atoms with Crippen LogP contribution < -0.4 is 16.4 Å². The van der Waals surface area contributed by atoms with E-state index in [0.717, 1.165) is 0 Å². The van der Waals surface area contributed by atoms with Crippen LogP contribution in [0.25, 0.3) is 0 Å². The van der Waals surface area contributed by atoms with Crippen LogP contribution in [0.15, 0.2) is 24.3 Å². The molecule has 2 fully saturated rings. The number of amides is 3. The van der Waals surface area contributed by atoms with Crippen LogP contribution in [0, 0.1) is 11.2 Å². The Morgan fingerprint density at radius 3 is 2.55 bits per heavy atom. The number of carbonyl (C=O) groups is 2. The summed E-state index contributed by atoms with van der Waals surface area (Å²) >= 11 is 0. The van der Waals surface area contributed by atoms with Crippen LogP contribution in [-0.4, -0.2) is 54.2 Å². The number of ether oxygens (including phenoxy) is 1. The van der Waals surface area contributed by atoms with Crippen LogP contribution in [0.3, 0.4) is 0 Å². The number of nitrogens with two attached hydrogens (primary N) is 1. The first-order chi connectivity index (χ1) is 13.2. The van der Waals surface area contributed by atoms with Crippen LogP contribution >= 0.6 is 12.4 Å². The van der Waals surface area contributed by atoms with Crippen LogP contribution in [0.2, 0.25) is 0 Å². The van der Waals surface area contributed by atoms with Crippen LogP contribution in [0.1, 0.15) is 33.6 Å². The number of halogens is 2. The van der Waals surface area contributed by atoms with Gasteiger partial charge < -0.3 is 26.0 Å². The number of benzene rings is 1. The van der Waals surface area contributed by atoms with Gasteiger partial charge in [-0.15, -0.1) is 12.4 Å². The van der Waals surface area contributed by atoms with Gasteiger partial charge in [0.05, 0.1) is 6.10 Å². The molecule has 1 aromatic carbocycles. The molecule has 162 valence electrons. The molecule has 3 rings (SSSR count). The summed E-state index contributed by atoms with van der Waals surface area (Å²) in [7, 11) is 0. The standard InChI is InChI=1S/C20H29FN4O3.ClH/c1-4-28-16-11-20(22,19(16,2)3)17(26)25-10-9-15(12-25)24-18(27)23-14-7-5-13(21)6-8-14;/h5-8,15-16H,4,9-12,22H2,1-3H3,(H2,23,24,27);1H. The van der Waals surface area contributed by atoms with E-state index in [9.17, 15) is 14.0 Å². The zero-order chi connectivity index (χ0) is 20.5. The minimum atomic E-state index is -0.946. The Bertz CT molecular complexity index is 746. The Labute approximate surface area is 176 Å². The molecule has 1 saturated carbocycles. The van der Waals surface area contributed by atoms with Crippen LogP contribution in [0.5, 0.6) is 0 Å². The van der Waals surface area contributed by atoms with E-state index in [1.165, 1.54) is 24.3 Å². The second kappa shape index (κ2) is 8.85. The van der Waals surface area contributed by atoms with Gasteiger partial charge in [-0.25, -0.2) is 9.18 Å². The fourth-order valence-corrected chi connectivity index (χ4v) is 4.03. The molecule has 1 aliphatic carbocycles. The zero-order valence-electron chi connectivity index (χ0n) is 17.0. The Morgan fingerprint density at radius 1 is 1.31 bits per heavy atom. The second-order valence-corrected chi connectivity index (χ2v) is 8.18. The molecule has 3 amide bonds. The highest BCUT2D eigenvalue weighted by Crippen LogP contribution is 2.50. The van der Waals surface area contributed by atoms with E-state index < -0.39 is 11.0 Å². The molecule has 0 radical (unpaired) electrons. The predicted octanol–water partition coefficient (Wildman–Crippen LogP) is 2.50. The quantitative estimate of drug-likeness (QED) is 0.671. The summed E-state index contributed by atoms with van der Waals surface area (Å²) < 4.78 is 18.6. The molecular weight excluding hydrogens is 399 g/mol. The third-order valence-electron chi connectivity index (χ3n) is 6.12. The summed E-state index contributed by atoms with van der Waals surface area (Å²) in [5.74, 6) is -0.450. The molecule has 3 atom stereocenters. The number of likely N-dealkylation sites (tertiary alicyclic amines) is 1. The zero-order valence-corrected chi connectivity index (χ0v) is 17.9. The van der Waals surface area contributed by atoms with Crippen molar-refractivity contribution in [3.8, 4) is 0 Å². The van der Waals surface area contributed by atoms with Gasteiger partial charge >= 0.3 is 6.03 Å². The van der Waals surface area contributed by atoms with Crippen molar-refractivity contribution in [2.45, 2.75) is 51.3 Å². The minimum Gasteiger partial charge on any atom is -0.378 e. The number of rotatable bonds is 5. The minimum absolute atomic E-state index is 0. The van der Waals surface area contributed by atoms with Gasteiger partial charge in [-0.3, -0.25) is 4.79 Å². The van der Waals surface area contributed by atoms with Gasteiger partial charge in [0, 0.05) is 43.3 Å². The van der Waals surface area contributed by atoms with Crippen molar-refractivity contribution in [2.75, 3.05) is 25.0 Å². The van der Waals surface area contributed by atoms with Gasteiger partial charge in [-0.2, -0.15) is 0 Å². The van der Waals surface area contributed by atoms with E-state index in [4.69, 9.17) is 10.5 Å². The maximum absolute atomic E-state index is 13.1. The summed E-state index contributed by atoms with van der Waals surface area (Å²) in [6.07, 6.45) is 1.14. The van der Waals surface area contributed by atoms with E-state index >= 15 is 0 Å². The number of nitrogens with one attached hydrogen (secondary N) is 2. The largest absolute Gasteiger partial charge is 0.378 e. The molecule has 9 heteroatoms. The second-order valence-electron chi connectivity index (χ2n) is 8.18. The normalized spacial score (nSPS) is 27.6. The highest BCUT2D eigenvalue weighted by atomic mass is 35.5. The molecule has 29 heavy (non-hydrogen) atoms. The molecule has 1 aromatic rings. The molecule has 1 saturated heterocycles. The van der Waals surface area contributed by atoms with E-state index in [2.05, 4.69) is 10.6 Å². The van der Waals surface area contributed by atoms with Crippen molar-refractivity contribution < 1.29 is 18.7 Å². The summed E-state index contributed by atoms with van der Waals surface area (Å²) in [4.78, 5) is 26.9. The first kappa shape index (κ1) is 23.4. The van der Waals surface area contributed by atoms with Crippen molar-refractivity contribution in [2.24, 2.45) is 11.1 Å². The first-order valence-electron chi connectivity index (χ1n) is 9.70. The summed E-state index contributed by atoms with van der Waals surface area (Å²) in [5, 5.41) is 5.53. The topological polar surface area (TPSA) is 96.7 Å². The number of anilines is 1. The van der Waals surface area contributed by atoms with E-state index in [1.807, 2.05) is 20.8 Å². The lowest BCUT2D eigenvalue weighted by Gasteiger charge is -2.58. The molecule has 0 bridgehead atoms. The van der Waals surface area contributed by atoms with Crippen LogP contribution in [0.4, 0.5) is 14.9 Å². The maximum Gasteiger partial charge on any atom is 0.319 e. The van der Waals surface area contributed by atoms with Crippen molar-refractivity contribution >= 4 is 30.0 Å². The number of hydrogen-bond acceptors (Lipinski definition) is 4. The molecular formula is C20H30ClFN4O3. The Balaban J connectivity index is 0.00000300. The average Bonchev–Trinajstić information content (AvgIpc) is 3.10. The molecule has 0 aromatic heterocycles. The van der Waals surface area contributed by atoms with Crippen LogP contribution in [-0.2, 0) is 9.53 Å². The Hall–Kier alpha value is -1.90. The Kier molecular flexibility index (Phi) is 7.14. The number of urea groups is 1. The maximum atomic E-state index is 13.1. The smallest absolute Gasteiger partial charge is 0.319 e. The summed E-state index contributed by atoms with van der Waals surface area (Å²) in [5.41, 5.74) is 5.60. The highest BCUT2D eigenvalue weighted by Gasteiger charge is 2.64. The number of carbonyl (C=O) groups excluding carboxylic acids is 2.